The molecule has 0 aromatic carbocycles. The molecule has 7 heteroatoms. The molecule has 7 N–H and O–H groups in total. The van der Waals surface area contributed by atoms with Crippen molar-refractivity contribution in [3.05, 3.63) is 0 Å². The zero-order valence-electron chi connectivity index (χ0n) is 6.74. The first-order valence-electron chi connectivity index (χ1n) is 3.54. The van der Waals surface area contributed by atoms with E-state index in [1.807, 2.05) is 0 Å². The molecule has 0 fully saturated rings. The molecule has 0 heterocycles. The molecule has 13 heavy (non-hydrogen) atoms. The van der Waals surface area contributed by atoms with Gasteiger partial charge in [-0.25, -0.2) is 0 Å². The standard InChI is InChI=1S/C6H13NO6/c7-6(13)5(12)4(11)3(10)2(9)1-8/h2-5,8-12H,1H2,(H2,7,13)/t2-,3-,4-,5-/m1/s1. The molecule has 4 atom stereocenters. The lowest BCUT2D eigenvalue weighted by molar-refractivity contribution is -0.146. The van der Waals surface area contributed by atoms with Crippen molar-refractivity contribution in [3.63, 3.8) is 0 Å². The lowest BCUT2D eigenvalue weighted by atomic mass is 10.0. The molecule has 0 saturated heterocycles. The van der Waals surface area contributed by atoms with Crippen molar-refractivity contribution in [1.29, 1.82) is 0 Å². The Labute approximate surface area is 74.0 Å². The Morgan fingerprint density at radius 1 is 1.15 bits per heavy atom. The number of amides is 1. The van der Waals surface area contributed by atoms with Crippen LogP contribution in [0.5, 0.6) is 0 Å². The maximum atomic E-state index is 10.3. The number of carbonyl (C=O) groups excluding carboxylic acids is 1. The second-order valence-electron chi connectivity index (χ2n) is 2.58. The van der Waals surface area contributed by atoms with Crippen LogP contribution in [0.2, 0.25) is 0 Å². The molecule has 0 rings (SSSR count). The zero-order valence-corrected chi connectivity index (χ0v) is 6.74. The minimum atomic E-state index is -1.98. The largest absolute Gasteiger partial charge is 0.394 e. The average Bonchev–Trinajstić information content (AvgIpc) is 2.12. The third kappa shape index (κ3) is 3.25. The van der Waals surface area contributed by atoms with E-state index in [0.29, 0.717) is 0 Å². The summed E-state index contributed by atoms with van der Waals surface area (Å²) in [6, 6.07) is 0. The minimum Gasteiger partial charge on any atom is -0.394 e. The molecule has 0 aliphatic heterocycles. The van der Waals surface area contributed by atoms with Gasteiger partial charge in [0.05, 0.1) is 6.61 Å². The summed E-state index contributed by atoms with van der Waals surface area (Å²) in [7, 11) is 0. The lowest BCUT2D eigenvalue weighted by Crippen LogP contribution is -2.50. The van der Waals surface area contributed by atoms with Crippen molar-refractivity contribution >= 4 is 5.91 Å². The van der Waals surface area contributed by atoms with Gasteiger partial charge in [0.2, 0.25) is 5.91 Å². The van der Waals surface area contributed by atoms with Crippen LogP contribution in [-0.4, -0.2) is 62.5 Å². The lowest BCUT2D eigenvalue weighted by Gasteiger charge is -2.23. The van der Waals surface area contributed by atoms with Crippen LogP contribution in [0.3, 0.4) is 0 Å². The van der Waals surface area contributed by atoms with E-state index in [-0.39, 0.29) is 0 Å². The third-order valence-corrected chi connectivity index (χ3v) is 1.55. The second kappa shape index (κ2) is 5.10. The van der Waals surface area contributed by atoms with Gasteiger partial charge in [0.15, 0.2) is 6.10 Å². The summed E-state index contributed by atoms with van der Waals surface area (Å²) in [5.41, 5.74) is 4.61. The van der Waals surface area contributed by atoms with Crippen molar-refractivity contribution in [3.8, 4) is 0 Å². The molecule has 0 unspecified atom stereocenters. The van der Waals surface area contributed by atoms with Crippen LogP contribution in [0.1, 0.15) is 0 Å². The van der Waals surface area contributed by atoms with Crippen LogP contribution in [0, 0.1) is 0 Å². The highest BCUT2D eigenvalue weighted by atomic mass is 16.4. The highest BCUT2D eigenvalue weighted by Crippen LogP contribution is 2.04. The molecular formula is C6H13NO6. The van der Waals surface area contributed by atoms with E-state index in [0.717, 1.165) is 0 Å². The monoisotopic (exact) mass is 195 g/mol. The van der Waals surface area contributed by atoms with Crippen LogP contribution >= 0.6 is 0 Å². The van der Waals surface area contributed by atoms with E-state index in [1.54, 1.807) is 0 Å². The number of aliphatic hydroxyl groups is 5. The normalized spacial score (nSPS) is 20.4. The number of rotatable bonds is 5. The highest BCUT2D eigenvalue weighted by Gasteiger charge is 2.32. The first-order chi connectivity index (χ1) is 5.91. The predicted molar refractivity (Wildman–Crippen MR) is 40.3 cm³/mol. The molecule has 7 nitrogen and oxygen atoms in total. The summed E-state index contributed by atoms with van der Waals surface area (Å²) in [5.74, 6) is -1.23. The van der Waals surface area contributed by atoms with Gasteiger partial charge in [0.25, 0.3) is 0 Å². The van der Waals surface area contributed by atoms with Crippen LogP contribution in [0.15, 0.2) is 0 Å². The quantitative estimate of drug-likeness (QED) is 0.263. The van der Waals surface area contributed by atoms with Gasteiger partial charge in [0.1, 0.15) is 18.3 Å². The highest BCUT2D eigenvalue weighted by molar-refractivity contribution is 5.79. The van der Waals surface area contributed by atoms with E-state index < -0.39 is 36.9 Å². The van der Waals surface area contributed by atoms with Crippen LogP contribution in [-0.2, 0) is 4.79 Å². The average molecular weight is 195 g/mol. The molecule has 0 aliphatic rings. The fraction of sp³-hybridized carbons (Fsp3) is 0.833. The molecule has 0 bridgehead atoms. The predicted octanol–water partition coefficient (Wildman–Crippen LogP) is -4.09. The molecule has 0 radical (unpaired) electrons. The number of primary amides is 1. The zero-order chi connectivity index (χ0) is 10.6. The van der Waals surface area contributed by atoms with Crippen LogP contribution in [0.25, 0.3) is 0 Å². The molecule has 1 amide bonds. The van der Waals surface area contributed by atoms with Crippen molar-refractivity contribution < 1.29 is 30.3 Å². The van der Waals surface area contributed by atoms with Gasteiger partial charge in [-0.15, -0.1) is 0 Å². The Morgan fingerprint density at radius 3 is 1.92 bits per heavy atom. The first kappa shape index (κ1) is 12.3. The summed E-state index contributed by atoms with van der Waals surface area (Å²) >= 11 is 0. The smallest absolute Gasteiger partial charge is 0.249 e. The second-order valence-corrected chi connectivity index (χ2v) is 2.58. The Hall–Kier alpha value is -0.730. The van der Waals surface area contributed by atoms with Crippen molar-refractivity contribution in [2.24, 2.45) is 5.73 Å². The Kier molecular flexibility index (Phi) is 4.81. The number of nitrogens with two attached hydrogens (primary N) is 1. The summed E-state index contributed by atoms with van der Waals surface area (Å²) in [6.07, 6.45) is -7.35. The summed E-state index contributed by atoms with van der Waals surface area (Å²) in [5, 5.41) is 44.0. The van der Waals surface area contributed by atoms with Gasteiger partial charge < -0.3 is 31.3 Å². The summed E-state index contributed by atoms with van der Waals surface area (Å²) in [6.45, 7) is -0.802. The maximum absolute atomic E-state index is 10.3. The van der Waals surface area contributed by atoms with Crippen molar-refractivity contribution in [1.82, 2.24) is 0 Å². The van der Waals surface area contributed by atoms with Gasteiger partial charge in [-0.1, -0.05) is 0 Å². The molecule has 0 aromatic heterocycles. The minimum absolute atomic E-state index is 0.802. The fourth-order valence-corrected chi connectivity index (χ4v) is 0.691. The SMILES string of the molecule is NC(=O)[C@H](O)[C@H](O)[C@H](O)[C@H](O)CO. The Bertz CT molecular complexity index is 175. The molecule has 0 aliphatic carbocycles. The number of aliphatic hydroxyl groups excluding tert-OH is 5. The molecule has 0 aromatic rings. The van der Waals surface area contributed by atoms with Crippen molar-refractivity contribution in [2.75, 3.05) is 6.61 Å². The van der Waals surface area contributed by atoms with Gasteiger partial charge in [-0.3, -0.25) is 4.79 Å². The van der Waals surface area contributed by atoms with Gasteiger partial charge in [-0.05, 0) is 0 Å². The molecule has 0 spiro atoms. The van der Waals surface area contributed by atoms with E-state index in [1.165, 1.54) is 0 Å². The van der Waals surface area contributed by atoms with Gasteiger partial charge >= 0.3 is 0 Å². The van der Waals surface area contributed by atoms with E-state index >= 15 is 0 Å². The molecule has 78 valence electrons. The maximum Gasteiger partial charge on any atom is 0.249 e. The van der Waals surface area contributed by atoms with Crippen LogP contribution < -0.4 is 5.73 Å². The van der Waals surface area contributed by atoms with Crippen molar-refractivity contribution in [2.45, 2.75) is 24.4 Å². The molecular weight excluding hydrogens is 182 g/mol. The number of hydrogen-bond donors (Lipinski definition) is 6. The van der Waals surface area contributed by atoms with Gasteiger partial charge in [0, 0.05) is 0 Å². The summed E-state index contributed by atoms with van der Waals surface area (Å²) in [4.78, 5) is 10.3. The van der Waals surface area contributed by atoms with Crippen LogP contribution in [0.4, 0.5) is 0 Å². The topological polar surface area (TPSA) is 144 Å². The number of carbonyl (C=O) groups is 1. The Balaban J connectivity index is 4.24. The third-order valence-electron chi connectivity index (χ3n) is 1.55. The van der Waals surface area contributed by atoms with Gasteiger partial charge in [-0.2, -0.15) is 0 Å². The fourth-order valence-electron chi connectivity index (χ4n) is 0.691. The van der Waals surface area contributed by atoms with E-state index in [9.17, 15) is 4.79 Å². The first-order valence-corrected chi connectivity index (χ1v) is 3.54. The molecule has 0 saturated carbocycles. The van der Waals surface area contributed by atoms with E-state index in [4.69, 9.17) is 25.5 Å². The summed E-state index contributed by atoms with van der Waals surface area (Å²) < 4.78 is 0. The number of hydrogen-bond acceptors (Lipinski definition) is 6. The van der Waals surface area contributed by atoms with E-state index in [2.05, 4.69) is 5.73 Å². The Morgan fingerprint density at radius 2 is 1.62 bits per heavy atom.